The van der Waals surface area contributed by atoms with E-state index in [0.717, 1.165) is 33.5 Å². The fourth-order valence-electron chi connectivity index (χ4n) is 3.58. The molecule has 5 heteroatoms. The molecule has 0 saturated carbocycles. The number of fused-ring (bicyclic) bond motifs is 1. The second kappa shape index (κ2) is 8.05. The molecule has 0 aliphatic heterocycles. The van der Waals surface area contributed by atoms with E-state index in [-0.39, 0.29) is 11.8 Å². The maximum absolute atomic E-state index is 12.7. The Morgan fingerprint density at radius 2 is 1.89 bits per heavy atom. The minimum atomic E-state index is -0.135. The molecule has 142 valence electrons. The molecule has 0 bridgehead atoms. The standard InChI is InChI=1S/C23H22N2O3/c1-27-22-11-5-3-9-18(22)19(13-23(26)25-14-16-7-6-12-28-16)20-15-24-21-10-4-2-8-17(20)21/h2-12,15,19,24H,13-14H2,1H3,(H,25,26)/t19-/m1/s1. The van der Waals surface area contributed by atoms with E-state index in [1.807, 2.05) is 60.8 Å². The highest BCUT2D eigenvalue weighted by Crippen LogP contribution is 2.37. The Morgan fingerprint density at radius 3 is 2.71 bits per heavy atom. The number of aromatic nitrogens is 1. The van der Waals surface area contributed by atoms with Crippen LogP contribution in [-0.4, -0.2) is 18.0 Å². The molecule has 0 aliphatic rings. The number of amides is 1. The summed E-state index contributed by atoms with van der Waals surface area (Å²) < 4.78 is 10.9. The molecule has 2 aromatic carbocycles. The van der Waals surface area contributed by atoms with Crippen LogP contribution in [0.15, 0.2) is 77.5 Å². The summed E-state index contributed by atoms with van der Waals surface area (Å²) in [4.78, 5) is 16.1. The monoisotopic (exact) mass is 374 g/mol. The number of carbonyl (C=O) groups excluding carboxylic acids is 1. The van der Waals surface area contributed by atoms with Crippen LogP contribution in [0.5, 0.6) is 5.75 Å². The molecule has 4 rings (SSSR count). The zero-order valence-corrected chi connectivity index (χ0v) is 15.6. The number of H-pyrrole nitrogens is 1. The van der Waals surface area contributed by atoms with Gasteiger partial charge in [0.05, 0.1) is 19.9 Å². The van der Waals surface area contributed by atoms with Gasteiger partial charge in [-0.3, -0.25) is 4.79 Å². The number of hydrogen-bond donors (Lipinski definition) is 2. The Morgan fingerprint density at radius 1 is 1.07 bits per heavy atom. The molecule has 28 heavy (non-hydrogen) atoms. The highest BCUT2D eigenvalue weighted by molar-refractivity contribution is 5.86. The van der Waals surface area contributed by atoms with E-state index in [4.69, 9.17) is 9.15 Å². The highest BCUT2D eigenvalue weighted by Gasteiger charge is 2.24. The van der Waals surface area contributed by atoms with Gasteiger partial charge in [-0.2, -0.15) is 0 Å². The van der Waals surface area contributed by atoms with Gasteiger partial charge in [0.25, 0.3) is 0 Å². The minimum Gasteiger partial charge on any atom is -0.496 e. The number of aromatic amines is 1. The van der Waals surface area contributed by atoms with Gasteiger partial charge in [0.1, 0.15) is 11.5 Å². The number of benzene rings is 2. The molecular formula is C23H22N2O3. The lowest BCUT2D eigenvalue weighted by Crippen LogP contribution is -2.24. The van der Waals surface area contributed by atoms with E-state index in [0.29, 0.717) is 13.0 Å². The van der Waals surface area contributed by atoms with Crippen molar-refractivity contribution in [3.8, 4) is 5.75 Å². The van der Waals surface area contributed by atoms with Crippen LogP contribution in [0, 0.1) is 0 Å². The zero-order chi connectivity index (χ0) is 19.3. The van der Waals surface area contributed by atoms with Crippen molar-refractivity contribution in [3.05, 3.63) is 90.0 Å². The lowest BCUT2D eigenvalue weighted by atomic mass is 9.87. The average Bonchev–Trinajstić information content (AvgIpc) is 3.40. The lowest BCUT2D eigenvalue weighted by molar-refractivity contribution is -0.121. The molecule has 0 radical (unpaired) electrons. The van der Waals surface area contributed by atoms with Gasteiger partial charge in [-0.1, -0.05) is 36.4 Å². The van der Waals surface area contributed by atoms with Crippen molar-refractivity contribution < 1.29 is 13.9 Å². The number of ether oxygens (including phenoxy) is 1. The number of furan rings is 1. The minimum absolute atomic E-state index is 0.0439. The number of hydrogen-bond acceptors (Lipinski definition) is 3. The summed E-state index contributed by atoms with van der Waals surface area (Å²) >= 11 is 0. The zero-order valence-electron chi connectivity index (χ0n) is 15.6. The molecule has 5 nitrogen and oxygen atoms in total. The molecule has 0 fully saturated rings. The van der Waals surface area contributed by atoms with Gasteiger partial charge in [-0.25, -0.2) is 0 Å². The first kappa shape index (κ1) is 17.9. The fraction of sp³-hybridized carbons (Fsp3) is 0.174. The van der Waals surface area contributed by atoms with E-state index in [1.165, 1.54) is 0 Å². The third-order valence-corrected chi connectivity index (χ3v) is 4.94. The van der Waals surface area contributed by atoms with Gasteiger partial charge in [-0.15, -0.1) is 0 Å². The molecule has 1 amide bonds. The molecule has 0 saturated heterocycles. The summed E-state index contributed by atoms with van der Waals surface area (Å²) in [7, 11) is 1.65. The first-order chi connectivity index (χ1) is 13.8. The van der Waals surface area contributed by atoms with Crippen molar-refractivity contribution in [2.75, 3.05) is 7.11 Å². The summed E-state index contributed by atoms with van der Waals surface area (Å²) in [6.45, 7) is 0.373. The van der Waals surface area contributed by atoms with Crippen LogP contribution in [0.4, 0.5) is 0 Å². The van der Waals surface area contributed by atoms with Crippen molar-refractivity contribution in [1.82, 2.24) is 10.3 Å². The van der Waals surface area contributed by atoms with Gasteiger partial charge in [0.2, 0.25) is 5.91 Å². The lowest BCUT2D eigenvalue weighted by Gasteiger charge is -2.19. The van der Waals surface area contributed by atoms with Crippen molar-refractivity contribution in [2.24, 2.45) is 0 Å². The predicted octanol–water partition coefficient (Wildman–Crippen LogP) is 4.61. The molecule has 0 spiro atoms. The molecular weight excluding hydrogens is 352 g/mol. The Hall–Kier alpha value is -3.47. The maximum atomic E-state index is 12.7. The Kier molecular flexibility index (Phi) is 5.15. The summed E-state index contributed by atoms with van der Waals surface area (Å²) in [5.41, 5.74) is 3.12. The van der Waals surface area contributed by atoms with E-state index in [9.17, 15) is 4.79 Å². The van der Waals surface area contributed by atoms with Crippen molar-refractivity contribution in [3.63, 3.8) is 0 Å². The highest BCUT2D eigenvalue weighted by atomic mass is 16.5. The van der Waals surface area contributed by atoms with Crippen LogP contribution in [0.25, 0.3) is 10.9 Å². The van der Waals surface area contributed by atoms with Crippen molar-refractivity contribution in [1.29, 1.82) is 0 Å². The smallest absolute Gasteiger partial charge is 0.221 e. The molecule has 2 N–H and O–H groups in total. The van der Waals surface area contributed by atoms with Crippen molar-refractivity contribution in [2.45, 2.75) is 18.9 Å². The van der Waals surface area contributed by atoms with Crippen LogP contribution >= 0.6 is 0 Å². The summed E-state index contributed by atoms with van der Waals surface area (Å²) in [5, 5.41) is 4.06. The SMILES string of the molecule is COc1ccccc1[C@@H](CC(=O)NCc1ccco1)c1c[nH]c2ccccc12. The largest absolute Gasteiger partial charge is 0.496 e. The van der Waals surface area contributed by atoms with E-state index in [2.05, 4.69) is 16.4 Å². The van der Waals surface area contributed by atoms with Gasteiger partial charge in [0.15, 0.2) is 0 Å². The molecule has 4 aromatic rings. The first-order valence-corrected chi connectivity index (χ1v) is 9.24. The van der Waals surface area contributed by atoms with Gasteiger partial charge >= 0.3 is 0 Å². The van der Waals surface area contributed by atoms with Gasteiger partial charge in [-0.05, 0) is 29.8 Å². The van der Waals surface area contributed by atoms with E-state index in [1.54, 1.807) is 13.4 Å². The number of nitrogens with one attached hydrogen (secondary N) is 2. The Bertz CT molecular complexity index is 1070. The second-order valence-corrected chi connectivity index (χ2v) is 6.64. The number of methoxy groups -OCH3 is 1. The number of carbonyl (C=O) groups is 1. The van der Waals surface area contributed by atoms with Crippen LogP contribution in [-0.2, 0) is 11.3 Å². The predicted molar refractivity (Wildman–Crippen MR) is 108 cm³/mol. The molecule has 0 aliphatic carbocycles. The third kappa shape index (κ3) is 3.64. The van der Waals surface area contributed by atoms with E-state index < -0.39 is 0 Å². The fourth-order valence-corrected chi connectivity index (χ4v) is 3.58. The van der Waals surface area contributed by atoms with Gasteiger partial charge < -0.3 is 19.5 Å². The molecule has 2 heterocycles. The second-order valence-electron chi connectivity index (χ2n) is 6.64. The van der Waals surface area contributed by atoms with Gasteiger partial charge in [0, 0.05) is 35.0 Å². The number of rotatable bonds is 7. The van der Waals surface area contributed by atoms with Crippen molar-refractivity contribution >= 4 is 16.8 Å². The average molecular weight is 374 g/mol. The molecule has 1 atom stereocenters. The molecule has 2 aromatic heterocycles. The van der Waals surface area contributed by atoms with Crippen LogP contribution in [0.2, 0.25) is 0 Å². The summed E-state index contributed by atoms with van der Waals surface area (Å²) in [5.74, 6) is 1.33. The summed E-state index contributed by atoms with van der Waals surface area (Å²) in [6, 6.07) is 19.6. The number of para-hydroxylation sites is 2. The van der Waals surface area contributed by atoms with E-state index >= 15 is 0 Å². The van der Waals surface area contributed by atoms with Crippen LogP contribution in [0.1, 0.15) is 29.2 Å². The Labute approximate surface area is 163 Å². The third-order valence-electron chi connectivity index (χ3n) is 4.94. The quantitative estimate of drug-likeness (QED) is 0.496. The van der Waals surface area contributed by atoms with Crippen LogP contribution in [0.3, 0.4) is 0 Å². The van der Waals surface area contributed by atoms with Crippen LogP contribution < -0.4 is 10.1 Å². The molecule has 0 unspecified atom stereocenters. The maximum Gasteiger partial charge on any atom is 0.221 e. The topological polar surface area (TPSA) is 67.3 Å². The first-order valence-electron chi connectivity index (χ1n) is 9.24. The Balaban J connectivity index is 1.66. The normalized spacial score (nSPS) is 12.0. The summed E-state index contributed by atoms with van der Waals surface area (Å²) in [6.07, 6.45) is 3.90.